The SMILES string of the molecule is Cc1cc(C)cc(OCc2nnc(SCC(=O)Nc3ccccc3C)o2)c1. The number of aryl methyl sites for hydroxylation is 3. The van der Waals surface area contributed by atoms with Gasteiger partial charge in [0.05, 0.1) is 5.75 Å². The zero-order chi connectivity index (χ0) is 19.2. The van der Waals surface area contributed by atoms with Gasteiger partial charge in [-0.3, -0.25) is 4.79 Å². The number of carbonyl (C=O) groups is 1. The van der Waals surface area contributed by atoms with Gasteiger partial charge in [-0.05, 0) is 55.7 Å². The Kier molecular flexibility index (Phi) is 6.13. The van der Waals surface area contributed by atoms with Crippen LogP contribution in [-0.2, 0) is 11.4 Å². The van der Waals surface area contributed by atoms with Gasteiger partial charge in [-0.2, -0.15) is 0 Å². The quantitative estimate of drug-likeness (QED) is 0.613. The second-order valence-corrected chi connectivity index (χ2v) is 7.15. The fraction of sp³-hybridized carbons (Fsp3) is 0.250. The minimum Gasteiger partial charge on any atom is -0.484 e. The molecule has 3 rings (SSSR count). The molecule has 3 aromatic rings. The molecule has 0 radical (unpaired) electrons. The Balaban J connectivity index is 1.49. The van der Waals surface area contributed by atoms with Gasteiger partial charge in [0.25, 0.3) is 11.1 Å². The predicted molar refractivity (Wildman–Crippen MR) is 105 cm³/mol. The van der Waals surface area contributed by atoms with Crippen molar-refractivity contribution in [3.8, 4) is 5.75 Å². The Morgan fingerprint density at radius 2 is 1.85 bits per heavy atom. The summed E-state index contributed by atoms with van der Waals surface area (Å²) < 4.78 is 11.2. The standard InChI is InChI=1S/C20H21N3O3S/c1-13-8-14(2)10-16(9-13)25-11-19-22-23-20(26-19)27-12-18(24)21-17-7-5-4-6-15(17)3/h4-10H,11-12H2,1-3H3,(H,21,24). The van der Waals surface area contributed by atoms with Gasteiger partial charge < -0.3 is 14.5 Å². The summed E-state index contributed by atoms with van der Waals surface area (Å²) in [5.41, 5.74) is 4.08. The number of rotatable bonds is 7. The molecule has 1 N–H and O–H groups in total. The Bertz CT molecular complexity index is 919. The van der Waals surface area contributed by atoms with E-state index in [1.165, 1.54) is 11.8 Å². The summed E-state index contributed by atoms with van der Waals surface area (Å²) in [6, 6.07) is 13.6. The van der Waals surface area contributed by atoms with Crippen LogP contribution in [0.4, 0.5) is 5.69 Å². The van der Waals surface area contributed by atoms with E-state index in [1.54, 1.807) is 0 Å². The third kappa shape index (κ3) is 5.59. The summed E-state index contributed by atoms with van der Waals surface area (Å²) in [4.78, 5) is 12.1. The van der Waals surface area contributed by atoms with Crippen LogP contribution in [0, 0.1) is 20.8 Å². The van der Waals surface area contributed by atoms with Crippen LogP contribution in [0.3, 0.4) is 0 Å². The highest BCUT2D eigenvalue weighted by atomic mass is 32.2. The van der Waals surface area contributed by atoms with E-state index >= 15 is 0 Å². The summed E-state index contributed by atoms with van der Waals surface area (Å²) >= 11 is 1.19. The van der Waals surface area contributed by atoms with Gasteiger partial charge in [-0.1, -0.05) is 36.0 Å². The molecule has 1 heterocycles. The highest BCUT2D eigenvalue weighted by Gasteiger charge is 2.11. The second kappa shape index (κ2) is 8.73. The van der Waals surface area contributed by atoms with E-state index in [2.05, 4.69) is 21.6 Å². The molecule has 6 nitrogen and oxygen atoms in total. The van der Waals surface area contributed by atoms with Gasteiger partial charge in [0.2, 0.25) is 5.91 Å². The number of hydrogen-bond acceptors (Lipinski definition) is 6. The first-order chi connectivity index (χ1) is 13.0. The first-order valence-corrected chi connectivity index (χ1v) is 9.50. The van der Waals surface area contributed by atoms with Crippen LogP contribution >= 0.6 is 11.8 Å². The number of anilines is 1. The van der Waals surface area contributed by atoms with Crippen molar-refractivity contribution in [3.63, 3.8) is 0 Å². The highest BCUT2D eigenvalue weighted by molar-refractivity contribution is 7.99. The lowest BCUT2D eigenvalue weighted by molar-refractivity contribution is -0.113. The van der Waals surface area contributed by atoms with Crippen LogP contribution in [0.1, 0.15) is 22.6 Å². The highest BCUT2D eigenvalue weighted by Crippen LogP contribution is 2.20. The second-order valence-electron chi connectivity index (χ2n) is 6.23. The smallest absolute Gasteiger partial charge is 0.277 e. The van der Waals surface area contributed by atoms with Crippen LogP contribution in [0.25, 0.3) is 0 Å². The molecule has 0 aliphatic rings. The fourth-order valence-corrected chi connectivity index (χ4v) is 3.12. The van der Waals surface area contributed by atoms with Crippen LogP contribution in [0.15, 0.2) is 52.1 Å². The van der Waals surface area contributed by atoms with Crippen LogP contribution in [-0.4, -0.2) is 21.9 Å². The van der Waals surface area contributed by atoms with E-state index < -0.39 is 0 Å². The van der Waals surface area contributed by atoms with Crippen molar-refractivity contribution in [1.29, 1.82) is 0 Å². The van der Waals surface area contributed by atoms with E-state index in [4.69, 9.17) is 9.15 Å². The number of nitrogens with one attached hydrogen (secondary N) is 1. The molecular weight excluding hydrogens is 362 g/mol. The summed E-state index contributed by atoms with van der Waals surface area (Å²) in [6.45, 7) is 6.17. The molecule has 0 fully saturated rings. The lowest BCUT2D eigenvalue weighted by Crippen LogP contribution is -2.14. The third-order valence-corrected chi connectivity index (χ3v) is 4.57. The number of amides is 1. The Morgan fingerprint density at radius 3 is 2.59 bits per heavy atom. The van der Waals surface area contributed by atoms with E-state index in [1.807, 2.05) is 57.2 Å². The maximum Gasteiger partial charge on any atom is 0.277 e. The zero-order valence-corrected chi connectivity index (χ0v) is 16.3. The molecule has 140 valence electrons. The minimum absolute atomic E-state index is 0.125. The Labute approximate surface area is 162 Å². The fourth-order valence-electron chi connectivity index (χ4n) is 2.54. The first kappa shape index (κ1) is 19.0. The number of ether oxygens (including phenoxy) is 1. The van der Waals surface area contributed by atoms with E-state index in [0.29, 0.717) is 11.1 Å². The summed E-state index contributed by atoms with van der Waals surface area (Å²) in [6.07, 6.45) is 0. The van der Waals surface area contributed by atoms with E-state index in [9.17, 15) is 4.79 Å². The van der Waals surface area contributed by atoms with E-state index in [-0.39, 0.29) is 18.3 Å². The molecule has 0 unspecified atom stereocenters. The van der Waals surface area contributed by atoms with Crippen LogP contribution < -0.4 is 10.1 Å². The molecular formula is C20H21N3O3S. The van der Waals surface area contributed by atoms with Crippen molar-refractivity contribution >= 4 is 23.4 Å². The number of para-hydroxylation sites is 1. The van der Waals surface area contributed by atoms with Crippen molar-refractivity contribution in [3.05, 3.63) is 65.0 Å². The third-order valence-electron chi connectivity index (χ3n) is 3.75. The molecule has 7 heteroatoms. The first-order valence-electron chi connectivity index (χ1n) is 8.51. The molecule has 0 saturated carbocycles. The van der Waals surface area contributed by atoms with Gasteiger partial charge in [0.1, 0.15) is 5.75 Å². The lowest BCUT2D eigenvalue weighted by atomic mass is 10.1. The largest absolute Gasteiger partial charge is 0.484 e. The monoisotopic (exact) mass is 383 g/mol. The van der Waals surface area contributed by atoms with Crippen LogP contribution in [0.2, 0.25) is 0 Å². The molecule has 1 aromatic heterocycles. The molecule has 0 saturated heterocycles. The molecule has 0 bridgehead atoms. The normalized spacial score (nSPS) is 10.6. The summed E-state index contributed by atoms with van der Waals surface area (Å²) in [5, 5.41) is 11.1. The topological polar surface area (TPSA) is 77.2 Å². The Morgan fingerprint density at radius 1 is 1.11 bits per heavy atom. The number of benzene rings is 2. The zero-order valence-electron chi connectivity index (χ0n) is 15.5. The van der Waals surface area contributed by atoms with E-state index in [0.717, 1.165) is 28.1 Å². The molecule has 27 heavy (non-hydrogen) atoms. The van der Waals surface area contributed by atoms with Crippen molar-refractivity contribution in [2.45, 2.75) is 32.6 Å². The molecule has 0 aliphatic carbocycles. The van der Waals surface area contributed by atoms with Crippen molar-refractivity contribution in [2.24, 2.45) is 0 Å². The summed E-state index contributed by atoms with van der Waals surface area (Å²) in [7, 11) is 0. The van der Waals surface area contributed by atoms with Gasteiger partial charge in [-0.25, -0.2) is 0 Å². The molecule has 0 spiro atoms. The number of nitrogens with zero attached hydrogens (tertiary/aromatic N) is 2. The number of hydrogen-bond donors (Lipinski definition) is 1. The van der Waals surface area contributed by atoms with Gasteiger partial charge in [-0.15, -0.1) is 10.2 Å². The molecule has 2 aromatic carbocycles. The van der Waals surface area contributed by atoms with Gasteiger partial charge in [0, 0.05) is 5.69 Å². The summed E-state index contributed by atoms with van der Waals surface area (Å²) in [5.74, 6) is 1.20. The average Bonchev–Trinajstić information content (AvgIpc) is 3.07. The minimum atomic E-state index is -0.125. The van der Waals surface area contributed by atoms with Crippen molar-refractivity contribution in [1.82, 2.24) is 10.2 Å². The van der Waals surface area contributed by atoms with Crippen molar-refractivity contribution < 1.29 is 13.9 Å². The van der Waals surface area contributed by atoms with Gasteiger partial charge in [0.15, 0.2) is 6.61 Å². The molecule has 0 aliphatic heterocycles. The number of thioether (sulfide) groups is 1. The van der Waals surface area contributed by atoms with Crippen LogP contribution in [0.5, 0.6) is 5.75 Å². The van der Waals surface area contributed by atoms with Gasteiger partial charge >= 0.3 is 0 Å². The maximum absolute atomic E-state index is 12.1. The lowest BCUT2D eigenvalue weighted by Gasteiger charge is -2.06. The molecule has 1 amide bonds. The number of carbonyl (C=O) groups excluding carboxylic acids is 1. The Hall–Kier alpha value is -2.80. The predicted octanol–water partition coefficient (Wildman–Crippen LogP) is 4.30. The molecule has 0 atom stereocenters. The van der Waals surface area contributed by atoms with Crippen molar-refractivity contribution in [2.75, 3.05) is 11.1 Å². The number of aromatic nitrogens is 2. The maximum atomic E-state index is 12.1. The average molecular weight is 383 g/mol.